The van der Waals surface area contributed by atoms with E-state index in [0.717, 1.165) is 5.56 Å². The van der Waals surface area contributed by atoms with Gasteiger partial charge in [0.2, 0.25) is 0 Å². The highest BCUT2D eigenvalue weighted by Gasteiger charge is 2.06. The van der Waals surface area contributed by atoms with Gasteiger partial charge in [-0.25, -0.2) is 0 Å². The van der Waals surface area contributed by atoms with Crippen molar-refractivity contribution in [2.75, 3.05) is 6.54 Å². The van der Waals surface area contributed by atoms with Crippen molar-refractivity contribution in [2.24, 2.45) is 0 Å². The number of nitrogens with one attached hydrogen (secondary N) is 1. The SMILES string of the molecule is CC(=O)CCNC(=O)c1ccccc1C. The maximum atomic E-state index is 11.6. The molecule has 0 bridgehead atoms. The Kier molecular flexibility index (Phi) is 4.03. The molecule has 1 rings (SSSR count). The third-order valence-electron chi connectivity index (χ3n) is 2.15. The molecule has 0 saturated heterocycles. The van der Waals surface area contributed by atoms with Crippen molar-refractivity contribution in [3.05, 3.63) is 35.4 Å². The Bertz CT molecular complexity index is 372. The van der Waals surface area contributed by atoms with Gasteiger partial charge in [0.25, 0.3) is 5.91 Å². The van der Waals surface area contributed by atoms with Crippen LogP contribution in [0.1, 0.15) is 29.3 Å². The van der Waals surface area contributed by atoms with Crippen LogP contribution in [0.15, 0.2) is 24.3 Å². The van der Waals surface area contributed by atoms with Crippen LogP contribution in [0.2, 0.25) is 0 Å². The van der Waals surface area contributed by atoms with Crippen LogP contribution in [-0.4, -0.2) is 18.2 Å². The first-order valence-electron chi connectivity index (χ1n) is 4.94. The quantitative estimate of drug-likeness (QED) is 0.813. The molecule has 0 spiro atoms. The lowest BCUT2D eigenvalue weighted by molar-refractivity contribution is -0.116. The fourth-order valence-corrected chi connectivity index (χ4v) is 1.27. The van der Waals surface area contributed by atoms with E-state index in [1.807, 2.05) is 25.1 Å². The molecule has 0 aromatic heterocycles. The Labute approximate surface area is 89.5 Å². The van der Waals surface area contributed by atoms with Crippen molar-refractivity contribution in [2.45, 2.75) is 20.3 Å². The van der Waals surface area contributed by atoms with Crippen LogP contribution >= 0.6 is 0 Å². The first-order chi connectivity index (χ1) is 7.11. The second kappa shape index (κ2) is 5.29. The molecular weight excluding hydrogens is 190 g/mol. The first-order valence-corrected chi connectivity index (χ1v) is 4.94. The van der Waals surface area contributed by atoms with Crippen LogP contribution in [0.4, 0.5) is 0 Å². The van der Waals surface area contributed by atoms with Crippen LogP contribution in [0.3, 0.4) is 0 Å². The third-order valence-corrected chi connectivity index (χ3v) is 2.15. The van der Waals surface area contributed by atoms with E-state index in [9.17, 15) is 9.59 Å². The minimum absolute atomic E-state index is 0.0834. The van der Waals surface area contributed by atoms with Crippen molar-refractivity contribution in [1.82, 2.24) is 5.32 Å². The minimum atomic E-state index is -0.116. The fourth-order valence-electron chi connectivity index (χ4n) is 1.27. The molecule has 0 fully saturated rings. The van der Waals surface area contributed by atoms with Gasteiger partial charge in [0.1, 0.15) is 5.78 Å². The molecule has 80 valence electrons. The summed E-state index contributed by atoms with van der Waals surface area (Å²) < 4.78 is 0. The molecule has 0 aliphatic rings. The lowest BCUT2D eigenvalue weighted by atomic mass is 10.1. The molecule has 0 saturated carbocycles. The molecule has 0 aliphatic heterocycles. The summed E-state index contributed by atoms with van der Waals surface area (Å²) in [5.41, 5.74) is 1.61. The maximum absolute atomic E-state index is 11.6. The van der Waals surface area contributed by atoms with E-state index in [4.69, 9.17) is 0 Å². The van der Waals surface area contributed by atoms with Crippen LogP contribution in [0.25, 0.3) is 0 Å². The van der Waals surface area contributed by atoms with Gasteiger partial charge >= 0.3 is 0 Å². The molecule has 1 amide bonds. The smallest absolute Gasteiger partial charge is 0.251 e. The van der Waals surface area contributed by atoms with E-state index in [2.05, 4.69) is 5.32 Å². The van der Waals surface area contributed by atoms with Crippen LogP contribution in [0.5, 0.6) is 0 Å². The molecule has 3 heteroatoms. The van der Waals surface area contributed by atoms with E-state index in [0.29, 0.717) is 18.5 Å². The van der Waals surface area contributed by atoms with Crippen molar-refractivity contribution < 1.29 is 9.59 Å². The highest BCUT2D eigenvalue weighted by molar-refractivity contribution is 5.95. The summed E-state index contributed by atoms with van der Waals surface area (Å²) in [5.74, 6) is -0.0329. The van der Waals surface area contributed by atoms with Crippen LogP contribution in [-0.2, 0) is 4.79 Å². The molecule has 0 heterocycles. The van der Waals surface area contributed by atoms with E-state index in [1.165, 1.54) is 6.92 Å². The first kappa shape index (κ1) is 11.4. The molecule has 0 unspecified atom stereocenters. The van der Waals surface area contributed by atoms with Crippen LogP contribution < -0.4 is 5.32 Å². The maximum Gasteiger partial charge on any atom is 0.251 e. The van der Waals surface area contributed by atoms with Crippen molar-refractivity contribution >= 4 is 11.7 Å². The van der Waals surface area contributed by atoms with Gasteiger partial charge in [-0.1, -0.05) is 18.2 Å². The summed E-state index contributed by atoms with van der Waals surface area (Å²) in [6.07, 6.45) is 0.387. The molecule has 1 N–H and O–H groups in total. The van der Waals surface area contributed by atoms with Gasteiger partial charge in [-0.05, 0) is 25.5 Å². The normalized spacial score (nSPS) is 9.73. The Hall–Kier alpha value is -1.64. The van der Waals surface area contributed by atoms with E-state index in [1.54, 1.807) is 6.07 Å². The molecule has 0 atom stereocenters. The number of amides is 1. The number of carbonyl (C=O) groups is 2. The predicted octanol–water partition coefficient (Wildman–Crippen LogP) is 1.70. The number of benzene rings is 1. The van der Waals surface area contributed by atoms with Gasteiger partial charge in [-0.3, -0.25) is 9.59 Å². The Morgan fingerprint density at radius 2 is 1.93 bits per heavy atom. The zero-order valence-electron chi connectivity index (χ0n) is 9.04. The molecule has 0 aliphatic carbocycles. The molecule has 1 aromatic carbocycles. The second-order valence-corrected chi connectivity index (χ2v) is 3.52. The topological polar surface area (TPSA) is 46.2 Å². The summed E-state index contributed by atoms with van der Waals surface area (Å²) in [7, 11) is 0. The highest BCUT2D eigenvalue weighted by atomic mass is 16.1. The van der Waals surface area contributed by atoms with E-state index < -0.39 is 0 Å². The number of ketones is 1. The molecule has 0 radical (unpaired) electrons. The zero-order valence-corrected chi connectivity index (χ0v) is 9.04. The summed E-state index contributed by atoms with van der Waals surface area (Å²) in [5, 5.41) is 2.71. The third kappa shape index (κ3) is 3.54. The van der Waals surface area contributed by atoms with Crippen molar-refractivity contribution in [3.8, 4) is 0 Å². The standard InChI is InChI=1S/C12H15NO2/c1-9-5-3-4-6-11(9)12(15)13-8-7-10(2)14/h3-6H,7-8H2,1-2H3,(H,13,15). The Balaban J connectivity index is 2.54. The van der Waals surface area contributed by atoms with E-state index >= 15 is 0 Å². The average molecular weight is 205 g/mol. The van der Waals surface area contributed by atoms with Crippen molar-refractivity contribution in [1.29, 1.82) is 0 Å². The van der Waals surface area contributed by atoms with Gasteiger partial charge in [-0.15, -0.1) is 0 Å². The second-order valence-electron chi connectivity index (χ2n) is 3.52. The zero-order chi connectivity index (χ0) is 11.3. The average Bonchev–Trinajstić information content (AvgIpc) is 2.17. The summed E-state index contributed by atoms with van der Waals surface area (Å²) >= 11 is 0. The molecule has 1 aromatic rings. The number of Topliss-reactive ketones (excluding diaryl/α,β-unsaturated/α-hetero) is 1. The summed E-state index contributed by atoms with van der Waals surface area (Å²) in [6, 6.07) is 7.38. The monoisotopic (exact) mass is 205 g/mol. The predicted molar refractivity (Wildman–Crippen MR) is 58.8 cm³/mol. The van der Waals surface area contributed by atoms with E-state index in [-0.39, 0.29) is 11.7 Å². The van der Waals surface area contributed by atoms with Gasteiger partial charge in [0.15, 0.2) is 0 Å². The van der Waals surface area contributed by atoms with Gasteiger partial charge in [0.05, 0.1) is 0 Å². The number of carbonyl (C=O) groups excluding carboxylic acids is 2. The largest absolute Gasteiger partial charge is 0.352 e. The fraction of sp³-hybridized carbons (Fsp3) is 0.333. The molecular formula is C12H15NO2. The summed E-state index contributed by atoms with van der Waals surface area (Å²) in [4.78, 5) is 22.3. The Morgan fingerprint density at radius 1 is 1.27 bits per heavy atom. The van der Waals surface area contributed by atoms with Crippen molar-refractivity contribution in [3.63, 3.8) is 0 Å². The minimum Gasteiger partial charge on any atom is -0.352 e. The Morgan fingerprint density at radius 3 is 2.53 bits per heavy atom. The number of hydrogen-bond acceptors (Lipinski definition) is 2. The number of aryl methyl sites for hydroxylation is 1. The van der Waals surface area contributed by atoms with Crippen LogP contribution in [0, 0.1) is 6.92 Å². The number of hydrogen-bond donors (Lipinski definition) is 1. The van der Waals surface area contributed by atoms with Gasteiger partial charge < -0.3 is 5.32 Å². The summed E-state index contributed by atoms with van der Waals surface area (Å²) in [6.45, 7) is 3.81. The lowest BCUT2D eigenvalue weighted by Crippen LogP contribution is -2.26. The number of rotatable bonds is 4. The molecule has 3 nitrogen and oxygen atoms in total. The van der Waals surface area contributed by atoms with Gasteiger partial charge in [0, 0.05) is 18.5 Å². The molecule has 15 heavy (non-hydrogen) atoms. The lowest BCUT2D eigenvalue weighted by Gasteiger charge is -2.06. The highest BCUT2D eigenvalue weighted by Crippen LogP contribution is 2.06. The van der Waals surface area contributed by atoms with Gasteiger partial charge in [-0.2, -0.15) is 0 Å².